The largest absolute Gasteiger partial charge is 0.370 e. The van der Waals surface area contributed by atoms with E-state index in [0.717, 1.165) is 11.3 Å². The molecule has 0 spiro atoms. The minimum atomic E-state index is 0.000746. The van der Waals surface area contributed by atoms with Crippen molar-refractivity contribution in [3.63, 3.8) is 0 Å². The van der Waals surface area contributed by atoms with E-state index in [9.17, 15) is 0 Å². The van der Waals surface area contributed by atoms with Crippen LogP contribution in [0.25, 0.3) is 10.8 Å². The molecule has 0 aliphatic carbocycles. The van der Waals surface area contributed by atoms with Gasteiger partial charge in [-0.25, -0.2) is 0 Å². The fourth-order valence-corrected chi connectivity index (χ4v) is 2.35. The summed E-state index contributed by atoms with van der Waals surface area (Å²) in [4.78, 5) is 0. The third kappa shape index (κ3) is 1.87. The highest BCUT2D eigenvalue weighted by molar-refractivity contribution is 6.13. The summed E-state index contributed by atoms with van der Waals surface area (Å²) >= 11 is 0. The maximum Gasteiger partial charge on any atom is 0.123 e. The van der Waals surface area contributed by atoms with Crippen molar-refractivity contribution in [1.82, 2.24) is 5.43 Å². The van der Waals surface area contributed by atoms with Gasteiger partial charge in [0.2, 0.25) is 0 Å². The first-order valence-corrected chi connectivity index (χ1v) is 6.24. The molecule has 1 heterocycles. The number of hydrogen-bond donors (Lipinski definition) is 0. The lowest BCUT2D eigenvalue weighted by atomic mass is 9.98. The van der Waals surface area contributed by atoms with Crippen LogP contribution in [0, 0.1) is 0 Å². The zero-order valence-electron chi connectivity index (χ0n) is 10.3. The highest BCUT2D eigenvalue weighted by Crippen LogP contribution is 2.22. The highest BCUT2D eigenvalue weighted by Gasteiger charge is 2.25. The van der Waals surface area contributed by atoms with Crippen molar-refractivity contribution in [2.45, 2.75) is 13.0 Å². The Morgan fingerprint density at radius 2 is 2.00 bits per heavy atom. The third-order valence-electron chi connectivity index (χ3n) is 3.16. The minimum absolute atomic E-state index is 0.000746. The van der Waals surface area contributed by atoms with Gasteiger partial charge in [0.05, 0.1) is 6.54 Å². The second-order valence-electron chi connectivity index (χ2n) is 4.28. The predicted molar refractivity (Wildman–Crippen MR) is 72.9 cm³/mol. The Morgan fingerprint density at radius 3 is 2.89 bits per heavy atom. The second kappa shape index (κ2) is 4.78. The molecule has 0 fully saturated rings. The van der Waals surface area contributed by atoms with Crippen LogP contribution in [0.15, 0.2) is 47.6 Å². The molecule has 1 aliphatic rings. The fraction of sp³-hybridized carbons (Fsp3) is 0.267. The first-order chi connectivity index (χ1) is 8.90. The number of benzene rings is 2. The van der Waals surface area contributed by atoms with Crippen molar-refractivity contribution in [2.24, 2.45) is 5.10 Å². The lowest BCUT2D eigenvalue weighted by Gasteiger charge is -2.13. The van der Waals surface area contributed by atoms with Crippen LogP contribution in [0.1, 0.15) is 12.5 Å². The average Bonchev–Trinajstić information content (AvgIpc) is 2.87. The minimum Gasteiger partial charge on any atom is -0.370 e. The van der Waals surface area contributed by atoms with Crippen LogP contribution in [0.4, 0.5) is 0 Å². The first kappa shape index (κ1) is 11.2. The van der Waals surface area contributed by atoms with Gasteiger partial charge < -0.3 is 4.74 Å². The Hall–Kier alpha value is -1.87. The molecule has 0 N–H and O–H groups in total. The number of fused-ring (bicyclic) bond motifs is 1. The summed E-state index contributed by atoms with van der Waals surface area (Å²) in [7, 11) is 0. The van der Waals surface area contributed by atoms with Crippen molar-refractivity contribution in [2.75, 3.05) is 13.2 Å². The normalized spacial score (nSPS) is 18.7. The quantitative estimate of drug-likeness (QED) is 0.810. The summed E-state index contributed by atoms with van der Waals surface area (Å²) in [6, 6.07) is 14.6. The summed E-state index contributed by atoms with van der Waals surface area (Å²) in [6.45, 7) is 3.31. The zero-order chi connectivity index (χ0) is 12.4. The molecular formula is C15H15N2O. The van der Waals surface area contributed by atoms with Crippen LogP contribution < -0.4 is 5.43 Å². The number of hydrogen-bond acceptors (Lipinski definition) is 2. The van der Waals surface area contributed by atoms with Gasteiger partial charge in [0.15, 0.2) is 0 Å². The molecule has 0 saturated carbocycles. The summed E-state index contributed by atoms with van der Waals surface area (Å²) < 4.78 is 5.69. The molecule has 0 amide bonds. The van der Waals surface area contributed by atoms with Gasteiger partial charge in [-0.05, 0) is 17.7 Å². The van der Waals surface area contributed by atoms with Crippen molar-refractivity contribution >= 4 is 16.5 Å². The third-order valence-corrected chi connectivity index (χ3v) is 3.16. The van der Waals surface area contributed by atoms with E-state index >= 15 is 0 Å². The van der Waals surface area contributed by atoms with Crippen LogP contribution in [-0.4, -0.2) is 25.0 Å². The van der Waals surface area contributed by atoms with E-state index in [4.69, 9.17) is 4.74 Å². The lowest BCUT2D eigenvalue weighted by molar-refractivity contribution is 0.116. The van der Waals surface area contributed by atoms with E-state index in [0.29, 0.717) is 13.2 Å². The van der Waals surface area contributed by atoms with E-state index in [-0.39, 0.29) is 6.10 Å². The van der Waals surface area contributed by atoms with E-state index in [1.807, 2.05) is 19.1 Å². The van der Waals surface area contributed by atoms with Crippen molar-refractivity contribution in [1.29, 1.82) is 0 Å². The molecule has 1 atom stereocenters. The van der Waals surface area contributed by atoms with Gasteiger partial charge in [-0.15, -0.1) is 0 Å². The van der Waals surface area contributed by atoms with Gasteiger partial charge in [-0.2, -0.15) is 10.5 Å². The second-order valence-corrected chi connectivity index (χ2v) is 4.28. The Bertz CT molecular complexity index is 587. The molecule has 1 radical (unpaired) electrons. The maximum absolute atomic E-state index is 5.69. The lowest BCUT2D eigenvalue weighted by Crippen LogP contribution is -2.25. The number of rotatable bonds is 3. The molecule has 1 unspecified atom stereocenters. The molecule has 1 aliphatic heterocycles. The molecule has 0 bridgehead atoms. The Kier molecular flexibility index (Phi) is 2.99. The molecule has 0 saturated heterocycles. The van der Waals surface area contributed by atoms with Gasteiger partial charge in [0.25, 0.3) is 0 Å². The van der Waals surface area contributed by atoms with Gasteiger partial charge >= 0.3 is 0 Å². The summed E-state index contributed by atoms with van der Waals surface area (Å²) in [5.41, 5.74) is 6.20. The molecule has 3 rings (SSSR count). The molecule has 3 heteroatoms. The Labute approximate surface area is 106 Å². The van der Waals surface area contributed by atoms with Crippen LogP contribution in [0.3, 0.4) is 0 Å². The summed E-state index contributed by atoms with van der Waals surface area (Å²) in [6.07, 6.45) is 0.000746. The van der Waals surface area contributed by atoms with Gasteiger partial charge in [-0.3, -0.25) is 0 Å². The molecule has 2 aromatic carbocycles. The number of ether oxygens (including phenoxy) is 1. The van der Waals surface area contributed by atoms with Gasteiger partial charge in [-0.1, -0.05) is 42.5 Å². The molecule has 91 valence electrons. The molecule has 0 aromatic heterocycles. The van der Waals surface area contributed by atoms with Gasteiger partial charge in [0, 0.05) is 12.2 Å². The smallest absolute Gasteiger partial charge is 0.123 e. The topological polar surface area (TPSA) is 35.7 Å². The van der Waals surface area contributed by atoms with Crippen molar-refractivity contribution in [3.05, 3.63) is 48.0 Å². The monoisotopic (exact) mass is 239 g/mol. The maximum atomic E-state index is 5.69. The zero-order valence-corrected chi connectivity index (χ0v) is 10.3. The Morgan fingerprint density at radius 1 is 1.17 bits per heavy atom. The van der Waals surface area contributed by atoms with Gasteiger partial charge in [0.1, 0.15) is 11.8 Å². The van der Waals surface area contributed by atoms with Crippen LogP contribution >= 0.6 is 0 Å². The van der Waals surface area contributed by atoms with Crippen LogP contribution in [0.2, 0.25) is 0 Å². The molecule has 18 heavy (non-hydrogen) atoms. The SMILES string of the molecule is CCOC1C[N]N=C1c1cccc2ccccc12. The van der Waals surface area contributed by atoms with E-state index in [1.165, 1.54) is 10.8 Å². The van der Waals surface area contributed by atoms with E-state index < -0.39 is 0 Å². The highest BCUT2D eigenvalue weighted by atomic mass is 16.5. The molecule has 3 nitrogen and oxygen atoms in total. The average molecular weight is 239 g/mol. The summed E-state index contributed by atoms with van der Waals surface area (Å²) in [5, 5.41) is 6.70. The number of nitrogens with zero attached hydrogens (tertiary/aromatic N) is 2. The Balaban J connectivity index is 2.09. The van der Waals surface area contributed by atoms with Crippen LogP contribution in [0.5, 0.6) is 0 Å². The summed E-state index contributed by atoms with van der Waals surface area (Å²) in [5.74, 6) is 0. The predicted octanol–water partition coefficient (Wildman–Crippen LogP) is 2.57. The van der Waals surface area contributed by atoms with Crippen molar-refractivity contribution in [3.8, 4) is 0 Å². The molecular weight excluding hydrogens is 224 g/mol. The fourth-order valence-electron chi connectivity index (χ4n) is 2.35. The first-order valence-electron chi connectivity index (χ1n) is 6.24. The molecule has 2 aromatic rings. The van der Waals surface area contributed by atoms with Crippen molar-refractivity contribution < 1.29 is 4.74 Å². The van der Waals surface area contributed by atoms with E-state index in [1.54, 1.807) is 0 Å². The standard InChI is InChI=1S/C15H15N2O/c1-2-18-14-10-16-17-15(14)13-9-5-7-11-6-3-4-8-12(11)13/h3-9,14H,2,10H2,1H3. The van der Waals surface area contributed by atoms with E-state index in [2.05, 4.69) is 40.9 Å². The van der Waals surface area contributed by atoms with Crippen LogP contribution in [-0.2, 0) is 4.74 Å².